The molecule has 3 rings (SSSR count). The number of pyridine rings is 1. The molecule has 0 saturated carbocycles. The Morgan fingerprint density at radius 1 is 1.05 bits per heavy atom. The molecule has 0 aromatic carbocycles. The summed E-state index contributed by atoms with van der Waals surface area (Å²) in [4.78, 5) is 22.9. The average Bonchev–Trinajstić information content (AvgIpc) is 2.48. The van der Waals surface area contributed by atoms with Crippen molar-refractivity contribution in [2.45, 2.75) is 0 Å². The molecule has 3 aromatic heterocycles. The number of hydrogen-bond donors (Lipinski definition) is 1. The Morgan fingerprint density at radius 2 is 1.81 bits per heavy atom. The highest BCUT2D eigenvalue weighted by molar-refractivity contribution is 6.29. The van der Waals surface area contributed by atoms with Crippen LogP contribution < -0.4 is 10.2 Å². The van der Waals surface area contributed by atoms with Gasteiger partial charge in [-0.25, -0.2) is 24.9 Å². The maximum atomic E-state index is 5.92. The highest BCUT2D eigenvalue weighted by Crippen LogP contribution is 2.22. The van der Waals surface area contributed by atoms with Gasteiger partial charge in [0.25, 0.3) is 0 Å². The normalized spacial score (nSPS) is 10.6. The molecule has 0 amide bonds. The van der Waals surface area contributed by atoms with E-state index in [0.29, 0.717) is 33.6 Å². The molecule has 0 aliphatic rings. The fourth-order valence-electron chi connectivity index (χ4n) is 1.76. The minimum absolute atomic E-state index is 0.388. The number of nitrogens with one attached hydrogen (secondary N) is 1. The van der Waals surface area contributed by atoms with Crippen molar-refractivity contribution < 1.29 is 0 Å². The predicted molar refractivity (Wildman–Crippen MR) is 82.0 cm³/mol. The summed E-state index contributed by atoms with van der Waals surface area (Å²) in [6.07, 6.45) is 4.83. The number of hydrogen-bond acceptors (Lipinski definition) is 7. The van der Waals surface area contributed by atoms with E-state index in [9.17, 15) is 0 Å². The van der Waals surface area contributed by atoms with Crippen molar-refractivity contribution in [1.29, 1.82) is 0 Å². The van der Waals surface area contributed by atoms with E-state index in [4.69, 9.17) is 11.6 Å². The summed E-state index contributed by atoms with van der Waals surface area (Å²) in [5.41, 5.74) is 2.02. The van der Waals surface area contributed by atoms with Gasteiger partial charge in [0, 0.05) is 14.1 Å². The molecule has 8 heteroatoms. The van der Waals surface area contributed by atoms with E-state index >= 15 is 0 Å². The molecule has 0 saturated heterocycles. The Hall–Kier alpha value is -2.54. The van der Waals surface area contributed by atoms with E-state index in [1.54, 1.807) is 24.5 Å². The molecule has 0 aliphatic heterocycles. The van der Waals surface area contributed by atoms with Crippen molar-refractivity contribution in [1.82, 2.24) is 24.9 Å². The van der Waals surface area contributed by atoms with Crippen LogP contribution in [0.5, 0.6) is 0 Å². The molecular weight excluding hydrogens is 290 g/mol. The monoisotopic (exact) mass is 301 g/mol. The zero-order chi connectivity index (χ0) is 14.8. The maximum absolute atomic E-state index is 5.92. The Kier molecular flexibility index (Phi) is 3.49. The van der Waals surface area contributed by atoms with E-state index in [1.165, 1.54) is 6.33 Å². The van der Waals surface area contributed by atoms with Crippen molar-refractivity contribution in [3.05, 3.63) is 36.0 Å². The van der Waals surface area contributed by atoms with E-state index < -0.39 is 0 Å². The molecule has 1 N–H and O–H groups in total. The lowest BCUT2D eigenvalue weighted by Gasteiger charge is -2.11. The topological polar surface area (TPSA) is 79.7 Å². The summed E-state index contributed by atoms with van der Waals surface area (Å²) in [7, 11) is 3.76. The quantitative estimate of drug-likeness (QED) is 0.743. The van der Waals surface area contributed by atoms with Crippen molar-refractivity contribution >= 4 is 40.1 Å². The van der Waals surface area contributed by atoms with E-state index in [1.807, 2.05) is 19.0 Å². The van der Waals surface area contributed by atoms with Gasteiger partial charge in [-0.1, -0.05) is 11.6 Å². The van der Waals surface area contributed by atoms with Crippen LogP contribution in [0.3, 0.4) is 0 Å². The second kappa shape index (κ2) is 5.45. The Bertz CT molecular complexity index is 773. The van der Waals surface area contributed by atoms with Gasteiger partial charge in [0.2, 0.25) is 5.95 Å². The second-order valence-electron chi connectivity index (χ2n) is 4.52. The molecule has 106 valence electrons. The van der Waals surface area contributed by atoms with Crippen LogP contribution in [0.4, 0.5) is 17.5 Å². The number of anilines is 3. The smallest absolute Gasteiger partial charge is 0.224 e. The Labute approximate surface area is 126 Å². The van der Waals surface area contributed by atoms with Gasteiger partial charge in [-0.3, -0.25) is 0 Å². The third-order valence-electron chi connectivity index (χ3n) is 2.75. The molecule has 0 unspecified atom stereocenters. The molecular formula is C13H12ClN7. The van der Waals surface area contributed by atoms with Crippen LogP contribution in [0.2, 0.25) is 5.15 Å². The molecule has 0 atom stereocenters. The molecule has 21 heavy (non-hydrogen) atoms. The first kappa shape index (κ1) is 13.4. The lowest BCUT2D eigenvalue weighted by atomic mass is 10.3. The van der Waals surface area contributed by atoms with Gasteiger partial charge in [-0.2, -0.15) is 0 Å². The minimum Gasteiger partial charge on any atom is -0.347 e. The largest absolute Gasteiger partial charge is 0.347 e. The highest BCUT2D eigenvalue weighted by Gasteiger charge is 2.07. The second-order valence-corrected chi connectivity index (χ2v) is 4.90. The molecule has 3 aromatic rings. The van der Waals surface area contributed by atoms with Gasteiger partial charge in [-0.05, 0) is 12.1 Å². The van der Waals surface area contributed by atoms with Crippen LogP contribution in [0, 0.1) is 0 Å². The summed E-state index contributed by atoms with van der Waals surface area (Å²) in [6, 6.07) is 3.48. The van der Waals surface area contributed by atoms with Crippen molar-refractivity contribution in [3.63, 3.8) is 0 Å². The summed E-state index contributed by atoms with van der Waals surface area (Å²) in [5, 5.41) is 3.51. The van der Waals surface area contributed by atoms with Crippen molar-refractivity contribution in [3.8, 4) is 0 Å². The number of rotatable bonds is 3. The van der Waals surface area contributed by atoms with Crippen LogP contribution in [-0.2, 0) is 0 Å². The first-order valence-corrected chi connectivity index (χ1v) is 6.55. The number of nitrogens with zero attached hydrogens (tertiary/aromatic N) is 6. The number of fused-ring (bicyclic) bond motifs is 1. The van der Waals surface area contributed by atoms with E-state index in [-0.39, 0.29) is 0 Å². The Morgan fingerprint density at radius 3 is 2.52 bits per heavy atom. The van der Waals surface area contributed by atoms with Gasteiger partial charge in [0.15, 0.2) is 5.82 Å². The highest BCUT2D eigenvalue weighted by atomic mass is 35.5. The third kappa shape index (κ3) is 2.82. The maximum Gasteiger partial charge on any atom is 0.224 e. The van der Waals surface area contributed by atoms with Crippen LogP contribution in [0.1, 0.15) is 0 Å². The average molecular weight is 302 g/mol. The van der Waals surface area contributed by atoms with Crippen LogP contribution in [-0.4, -0.2) is 39.0 Å². The molecule has 0 fully saturated rings. The van der Waals surface area contributed by atoms with Gasteiger partial charge < -0.3 is 10.2 Å². The molecule has 0 spiro atoms. The standard InChI is InChI=1S/C13H12ClN7/c1-21(2)13-15-5-8(6-16-13)19-12-11-9(17-7-18-12)3-4-10(14)20-11/h3-7H,1-2H3,(H,17,18,19). The SMILES string of the molecule is CN(C)c1ncc(Nc2ncnc3ccc(Cl)nc23)cn1. The summed E-state index contributed by atoms with van der Waals surface area (Å²) in [6.45, 7) is 0. The molecule has 3 heterocycles. The van der Waals surface area contributed by atoms with Crippen LogP contribution in [0.15, 0.2) is 30.9 Å². The van der Waals surface area contributed by atoms with Gasteiger partial charge in [-0.15, -0.1) is 0 Å². The number of aromatic nitrogens is 5. The van der Waals surface area contributed by atoms with Gasteiger partial charge in [0.05, 0.1) is 23.6 Å². The zero-order valence-corrected chi connectivity index (χ0v) is 12.2. The Balaban J connectivity index is 1.96. The summed E-state index contributed by atoms with van der Waals surface area (Å²) < 4.78 is 0. The zero-order valence-electron chi connectivity index (χ0n) is 11.4. The molecule has 0 bridgehead atoms. The van der Waals surface area contributed by atoms with Crippen molar-refractivity contribution in [2.75, 3.05) is 24.3 Å². The third-order valence-corrected chi connectivity index (χ3v) is 2.96. The van der Waals surface area contributed by atoms with Gasteiger partial charge in [0.1, 0.15) is 17.0 Å². The van der Waals surface area contributed by atoms with E-state index in [0.717, 1.165) is 0 Å². The first-order chi connectivity index (χ1) is 10.1. The lowest BCUT2D eigenvalue weighted by Crippen LogP contribution is -2.12. The minimum atomic E-state index is 0.388. The fraction of sp³-hybridized carbons (Fsp3) is 0.154. The fourth-order valence-corrected chi connectivity index (χ4v) is 1.91. The summed E-state index contributed by atoms with van der Waals surface area (Å²) in [5.74, 6) is 1.19. The van der Waals surface area contributed by atoms with Gasteiger partial charge >= 0.3 is 0 Å². The predicted octanol–water partition coefficient (Wildman–Crippen LogP) is 2.28. The molecule has 7 nitrogen and oxygen atoms in total. The lowest BCUT2D eigenvalue weighted by molar-refractivity contribution is 0.999. The van der Waals surface area contributed by atoms with Crippen LogP contribution in [0.25, 0.3) is 11.0 Å². The molecule has 0 aliphatic carbocycles. The van der Waals surface area contributed by atoms with Crippen LogP contribution >= 0.6 is 11.6 Å². The molecule has 0 radical (unpaired) electrons. The van der Waals surface area contributed by atoms with E-state index in [2.05, 4.69) is 30.2 Å². The number of halogens is 1. The van der Waals surface area contributed by atoms with Crippen molar-refractivity contribution in [2.24, 2.45) is 0 Å². The summed E-state index contributed by atoms with van der Waals surface area (Å²) >= 11 is 5.92. The first-order valence-electron chi connectivity index (χ1n) is 6.17.